The number of rotatable bonds is 11. The first-order chi connectivity index (χ1) is 27.8. The molecule has 0 radical (unpaired) electrons. The zero-order valence-corrected chi connectivity index (χ0v) is 35.0. The van der Waals surface area contributed by atoms with E-state index in [2.05, 4.69) is 16.5 Å². The number of aromatic nitrogens is 5. The molecule has 0 unspecified atom stereocenters. The first-order valence-corrected chi connectivity index (χ1v) is 20.0. The molecule has 11 nitrogen and oxygen atoms in total. The number of fused-ring (bicyclic) bond motifs is 4. The highest BCUT2D eigenvalue weighted by molar-refractivity contribution is 6.35. The monoisotopic (exact) mass is 818 g/mol. The molecule has 5 heterocycles. The summed E-state index contributed by atoms with van der Waals surface area (Å²) in [6.45, 7) is 10.9. The minimum atomic E-state index is -1.09. The number of hydrogen-bond donors (Lipinski definition) is 1. The fourth-order valence-electron chi connectivity index (χ4n) is 8.62. The van der Waals surface area contributed by atoms with Crippen LogP contribution >= 0.6 is 23.2 Å². The predicted octanol–water partition coefficient (Wildman–Crippen LogP) is 9.92. The Morgan fingerprint density at radius 3 is 2.38 bits per heavy atom. The smallest absolute Gasteiger partial charge is 0.352 e. The van der Waals surface area contributed by atoms with Crippen molar-refractivity contribution in [1.82, 2.24) is 23.9 Å². The lowest BCUT2D eigenvalue weighted by molar-refractivity contribution is 0.0686. The highest BCUT2D eigenvalue weighted by Gasteiger charge is 2.38. The second-order valence-electron chi connectivity index (χ2n) is 15.1. The van der Waals surface area contributed by atoms with Gasteiger partial charge in [-0.25, -0.2) is 4.79 Å². The van der Waals surface area contributed by atoms with Crippen LogP contribution in [0.15, 0.2) is 66.9 Å². The minimum absolute atomic E-state index is 0.0787. The Morgan fingerprint density at radius 2 is 1.72 bits per heavy atom. The number of carboxylic acid groups (broad SMARTS) is 1. The summed E-state index contributed by atoms with van der Waals surface area (Å²) in [5.74, 6) is -0.0584. The standard InChI is InChI=1S/C45H44Cl2N6O5/c1-24-17-32(18-25(2)40(24)47)58-16-10-12-33-34-13-14-35(46)39(38-27(4)49-50(6)28(38)5)42(34)53-26(3)22-52(44(54)43(33)53)36-21-31(57-7)19-29-20-37(45(55)56)51(41(29)36)23-30-11-8-9-15-48-30/h8-9,11,13-15,17-21,26H,10,12,16,22-23H2,1-7H3,(H,55,56)/t26-/m1/s1. The van der Waals surface area contributed by atoms with Crippen molar-refractivity contribution in [3.05, 3.63) is 122 Å². The number of amides is 1. The lowest BCUT2D eigenvalue weighted by Crippen LogP contribution is -2.43. The third kappa shape index (κ3) is 6.56. The largest absolute Gasteiger partial charge is 0.497 e. The van der Waals surface area contributed by atoms with Crippen LogP contribution in [-0.2, 0) is 20.0 Å². The maximum atomic E-state index is 15.5. The number of hydrogen-bond acceptors (Lipinski definition) is 6. The van der Waals surface area contributed by atoms with Crippen molar-refractivity contribution in [3.8, 4) is 22.6 Å². The molecule has 0 bridgehead atoms. The van der Waals surface area contributed by atoms with Gasteiger partial charge in [-0.05, 0) is 107 Å². The van der Waals surface area contributed by atoms with Gasteiger partial charge in [0.2, 0.25) is 0 Å². The topological polar surface area (TPSA) is 117 Å². The molecule has 0 fully saturated rings. The fraction of sp³-hybridized carbons (Fsp3) is 0.289. The van der Waals surface area contributed by atoms with E-state index in [9.17, 15) is 9.90 Å². The molecule has 7 aromatic rings. The van der Waals surface area contributed by atoms with Gasteiger partial charge in [0.1, 0.15) is 22.9 Å². The molecule has 1 atom stereocenters. The second-order valence-corrected chi connectivity index (χ2v) is 15.9. The molecule has 8 rings (SSSR count). The Hall–Kier alpha value is -5.78. The third-order valence-electron chi connectivity index (χ3n) is 11.3. The number of aryl methyl sites for hydroxylation is 5. The number of methoxy groups -OCH3 is 1. The molecule has 58 heavy (non-hydrogen) atoms. The third-order valence-corrected chi connectivity index (χ3v) is 12.2. The van der Waals surface area contributed by atoms with E-state index in [-0.39, 0.29) is 24.2 Å². The van der Waals surface area contributed by atoms with Crippen molar-refractivity contribution in [2.45, 2.75) is 60.0 Å². The van der Waals surface area contributed by atoms with Gasteiger partial charge >= 0.3 is 5.97 Å². The van der Waals surface area contributed by atoms with Crippen molar-refractivity contribution in [3.63, 3.8) is 0 Å². The van der Waals surface area contributed by atoms with Crippen molar-refractivity contribution in [2.24, 2.45) is 7.05 Å². The second kappa shape index (κ2) is 15.2. The molecule has 298 valence electrons. The number of carboxylic acids is 1. The van der Waals surface area contributed by atoms with E-state index in [1.54, 1.807) is 34.9 Å². The Kier molecular flexibility index (Phi) is 10.2. The number of benzene rings is 3. The number of carbonyl (C=O) groups excluding carboxylic acids is 1. The highest BCUT2D eigenvalue weighted by atomic mass is 35.5. The molecule has 1 amide bonds. The van der Waals surface area contributed by atoms with Gasteiger partial charge in [0.05, 0.1) is 53.4 Å². The molecular weight excluding hydrogens is 775 g/mol. The first kappa shape index (κ1) is 39.1. The first-order valence-electron chi connectivity index (χ1n) is 19.2. The highest BCUT2D eigenvalue weighted by Crippen LogP contribution is 2.46. The number of halogens is 2. The van der Waals surface area contributed by atoms with Gasteiger partial charge in [0.15, 0.2) is 0 Å². The van der Waals surface area contributed by atoms with Crippen molar-refractivity contribution >= 4 is 62.6 Å². The van der Waals surface area contributed by atoms with E-state index in [1.165, 1.54) is 0 Å². The van der Waals surface area contributed by atoms with Gasteiger partial charge in [0.25, 0.3) is 5.91 Å². The Labute approximate surface area is 346 Å². The zero-order valence-electron chi connectivity index (χ0n) is 33.5. The molecule has 1 aliphatic rings. The summed E-state index contributed by atoms with van der Waals surface area (Å²) in [5.41, 5.74) is 9.69. The van der Waals surface area contributed by atoms with Crippen molar-refractivity contribution < 1.29 is 24.2 Å². The van der Waals surface area contributed by atoms with E-state index in [0.717, 1.165) is 60.9 Å². The summed E-state index contributed by atoms with van der Waals surface area (Å²) < 4.78 is 17.7. The summed E-state index contributed by atoms with van der Waals surface area (Å²) >= 11 is 13.6. The Morgan fingerprint density at radius 1 is 0.966 bits per heavy atom. The summed E-state index contributed by atoms with van der Waals surface area (Å²) in [7, 11) is 3.48. The summed E-state index contributed by atoms with van der Waals surface area (Å²) in [6.07, 6.45) is 2.84. The summed E-state index contributed by atoms with van der Waals surface area (Å²) in [6, 6.07) is 18.4. The van der Waals surface area contributed by atoms with Gasteiger partial charge in [0, 0.05) is 64.5 Å². The van der Waals surface area contributed by atoms with Crippen LogP contribution in [0.4, 0.5) is 5.69 Å². The predicted molar refractivity (Wildman–Crippen MR) is 229 cm³/mol. The van der Waals surface area contributed by atoms with Crippen LogP contribution < -0.4 is 14.4 Å². The number of ether oxygens (including phenoxy) is 2. The van der Waals surface area contributed by atoms with E-state index < -0.39 is 5.97 Å². The average Bonchev–Trinajstić information content (AvgIpc) is 3.82. The van der Waals surface area contributed by atoms with Crippen LogP contribution in [0.1, 0.15) is 74.1 Å². The number of nitrogens with zero attached hydrogens (tertiary/aromatic N) is 6. The van der Waals surface area contributed by atoms with Gasteiger partial charge in [-0.3, -0.25) is 14.5 Å². The van der Waals surface area contributed by atoms with Crippen LogP contribution in [0.5, 0.6) is 11.5 Å². The summed E-state index contributed by atoms with van der Waals surface area (Å²) in [4.78, 5) is 34.5. The number of pyridine rings is 1. The molecule has 0 saturated heterocycles. The lowest BCUT2D eigenvalue weighted by Gasteiger charge is -2.35. The Bertz CT molecular complexity index is 2760. The van der Waals surface area contributed by atoms with E-state index in [4.69, 9.17) is 37.8 Å². The lowest BCUT2D eigenvalue weighted by atomic mass is 9.98. The maximum Gasteiger partial charge on any atom is 0.352 e. The van der Waals surface area contributed by atoms with Crippen LogP contribution in [0.2, 0.25) is 10.0 Å². The molecule has 3 aromatic carbocycles. The number of aromatic carboxylic acids is 1. The fourth-order valence-corrected chi connectivity index (χ4v) is 8.98. The van der Waals surface area contributed by atoms with Gasteiger partial charge in [-0.2, -0.15) is 5.10 Å². The van der Waals surface area contributed by atoms with Crippen LogP contribution in [0.3, 0.4) is 0 Å². The average molecular weight is 820 g/mol. The normalized spacial score (nSPS) is 14.1. The molecule has 13 heteroatoms. The Balaban J connectivity index is 1.31. The van der Waals surface area contributed by atoms with Gasteiger partial charge in [-0.15, -0.1) is 0 Å². The molecule has 1 N–H and O–H groups in total. The molecule has 4 aromatic heterocycles. The molecule has 0 saturated carbocycles. The molecular formula is C45H44Cl2N6O5. The van der Waals surface area contributed by atoms with Crippen LogP contribution in [-0.4, -0.2) is 61.1 Å². The van der Waals surface area contributed by atoms with E-state index in [0.29, 0.717) is 64.7 Å². The number of carbonyl (C=O) groups is 2. The SMILES string of the molecule is COc1cc(N2C[C@@H](C)n3c(c(CCCOc4cc(C)c(Cl)c(C)c4)c4ccc(Cl)c(-c5c(C)nn(C)c5C)c43)C2=O)c2c(c1)cc(C(=O)O)n2Cc1ccccn1. The quantitative estimate of drug-likeness (QED) is 0.129. The molecule has 0 spiro atoms. The van der Waals surface area contributed by atoms with Crippen LogP contribution in [0, 0.1) is 27.7 Å². The zero-order chi connectivity index (χ0) is 41.2. The minimum Gasteiger partial charge on any atom is -0.497 e. The van der Waals surface area contributed by atoms with Gasteiger partial charge in [-0.1, -0.05) is 35.3 Å². The van der Waals surface area contributed by atoms with E-state index >= 15 is 4.79 Å². The van der Waals surface area contributed by atoms with Crippen molar-refractivity contribution in [1.29, 1.82) is 0 Å². The summed E-state index contributed by atoms with van der Waals surface area (Å²) in [5, 5.41) is 18.0. The van der Waals surface area contributed by atoms with E-state index in [1.807, 2.05) is 88.0 Å². The van der Waals surface area contributed by atoms with Gasteiger partial charge < -0.3 is 28.6 Å². The van der Waals surface area contributed by atoms with Crippen LogP contribution in [0.25, 0.3) is 32.9 Å². The molecule has 0 aliphatic carbocycles. The number of anilines is 1. The maximum absolute atomic E-state index is 15.5. The molecule has 1 aliphatic heterocycles. The van der Waals surface area contributed by atoms with Crippen molar-refractivity contribution in [2.75, 3.05) is 25.2 Å².